The van der Waals surface area contributed by atoms with Gasteiger partial charge < -0.3 is 5.32 Å². The third-order valence-electron chi connectivity index (χ3n) is 4.41. The molecule has 3 aromatic rings. The van der Waals surface area contributed by atoms with Crippen LogP contribution in [0, 0.1) is 0 Å². The number of carbonyl (C=O) groups is 1. The number of hydrogen-bond acceptors (Lipinski definition) is 5. The van der Waals surface area contributed by atoms with Crippen LogP contribution >= 0.6 is 23.1 Å². The fourth-order valence-electron chi connectivity index (χ4n) is 3.17. The van der Waals surface area contributed by atoms with Gasteiger partial charge in [0.05, 0.1) is 5.75 Å². The average Bonchev–Trinajstić information content (AvgIpc) is 3.30. The van der Waals surface area contributed by atoms with Gasteiger partial charge in [0.15, 0.2) is 0 Å². The van der Waals surface area contributed by atoms with E-state index in [4.69, 9.17) is 0 Å². The van der Waals surface area contributed by atoms with Crippen LogP contribution in [0.3, 0.4) is 0 Å². The molecule has 6 heteroatoms. The number of nitrogens with one attached hydrogen (secondary N) is 1. The van der Waals surface area contributed by atoms with Crippen molar-refractivity contribution < 1.29 is 4.79 Å². The van der Waals surface area contributed by atoms with Crippen molar-refractivity contribution in [2.75, 3.05) is 5.75 Å². The monoisotopic (exact) mass is 369 g/mol. The number of fused-ring (bicyclic) bond motifs is 1. The van der Waals surface area contributed by atoms with Crippen LogP contribution in [0.2, 0.25) is 0 Å². The highest BCUT2D eigenvalue weighted by Gasteiger charge is 2.18. The first-order valence-electron chi connectivity index (χ1n) is 8.52. The summed E-state index contributed by atoms with van der Waals surface area (Å²) in [7, 11) is 0. The van der Waals surface area contributed by atoms with Gasteiger partial charge in [-0.05, 0) is 24.5 Å². The Morgan fingerprint density at radius 1 is 1.20 bits per heavy atom. The second kappa shape index (κ2) is 7.54. The van der Waals surface area contributed by atoms with E-state index in [0.29, 0.717) is 11.8 Å². The quantitative estimate of drug-likeness (QED) is 0.531. The maximum Gasteiger partial charge on any atom is 0.230 e. The van der Waals surface area contributed by atoms with Crippen LogP contribution in [0.1, 0.15) is 25.7 Å². The van der Waals surface area contributed by atoms with Crippen molar-refractivity contribution in [2.45, 2.75) is 36.8 Å². The normalized spacial score (nSPS) is 14.9. The molecule has 128 valence electrons. The van der Waals surface area contributed by atoms with Crippen LogP contribution in [0.5, 0.6) is 0 Å². The molecule has 0 atom stereocenters. The summed E-state index contributed by atoms with van der Waals surface area (Å²) in [5, 5.41) is 5.04. The molecular weight excluding hydrogens is 350 g/mol. The molecule has 0 unspecified atom stereocenters. The number of hydrogen-bond donors (Lipinski definition) is 1. The van der Waals surface area contributed by atoms with Crippen molar-refractivity contribution in [1.82, 2.24) is 15.3 Å². The van der Waals surface area contributed by atoms with Crippen molar-refractivity contribution in [1.29, 1.82) is 0 Å². The lowest BCUT2D eigenvalue weighted by Gasteiger charge is -2.11. The molecule has 0 bridgehead atoms. The highest BCUT2D eigenvalue weighted by Crippen LogP contribution is 2.36. The topological polar surface area (TPSA) is 54.9 Å². The van der Waals surface area contributed by atoms with E-state index < -0.39 is 0 Å². The molecule has 4 nitrogen and oxygen atoms in total. The van der Waals surface area contributed by atoms with Crippen molar-refractivity contribution >= 4 is 39.2 Å². The van der Waals surface area contributed by atoms with Gasteiger partial charge >= 0.3 is 0 Å². The van der Waals surface area contributed by atoms with Gasteiger partial charge in [-0.3, -0.25) is 4.79 Å². The summed E-state index contributed by atoms with van der Waals surface area (Å²) < 4.78 is 0. The minimum Gasteiger partial charge on any atom is -0.353 e. The zero-order chi connectivity index (χ0) is 17.1. The Morgan fingerprint density at radius 3 is 2.80 bits per heavy atom. The first kappa shape index (κ1) is 16.5. The summed E-state index contributed by atoms with van der Waals surface area (Å²) in [5.74, 6) is 0.501. The molecule has 0 aliphatic heterocycles. The van der Waals surface area contributed by atoms with E-state index in [1.54, 1.807) is 17.7 Å². The maximum atomic E-state index is 12.2. The van der Waals surface area contributed by atoms with E-state index >= 15 is 0 Å². The SMILES string of the molecule is O=C(CSc1ncnc2sc(-c3ccccc3)cc12)NC1CCCC1. The molecule has 1 fully saturated rings. The number of aromatic nitrogens is 2. The van der Waals surface area contributed by atoms with Gasteiger partial charge in [0, 0.05) is 16.3 Å². The van der Waals surface area contributed by atoms with Crippen LogP contribution < -0.4 is 5.32 Å². The molecule has 1 aliphatic carbocycles. The van der Waals surface area contributed by atoms with Gasteiger partial charge in [0.2, 0.25) is 5.91 Å². The van der Waals surface area contributed by atoms with Gasteiger partial charge in [-0.15, -0.1) is 11.3 Å². The Morgan fingerprint density at radius 2 is 2.00 bits per heavy atom. The lowest BCUT2D eigenvalue weighted by Crippen LogP contribution is -2.33. The average molecular weight is 370 g/mol. The van der Waals surface area contributed by atoms with Crippen molar-refractivity contribution in [2.24, 2.45) is 0 Å². The molecule has 2 aromatic heterocycles. The predicted octanol–water partition coefficient (Wildman–Crippen LogP) is 4.51. The lowest BCUT2D eigenvalue weighted by atomic mass is 10.2. The van der Waals surface area contributed by atoms with E-state index in [1.165, 1.54) is 35.0 Å². The van der Waals surface area contributed by atoms with E-state index in [2.05, 4.69) is 33.5 Å². The van der Waals surface area contributed by atoms with Gasteiger partial charge in [-0.25, -0.2) is 9.97 Å². The fourth-order valence-corrected chi connectivity index (χ4v) is 5.02. The first-order valence-corrected chi connectivity index (χ1v) is 10.3. The van der Waals surface area contributed by atoms with Gasteiger partial charge in [0.25, 0.3) is 0 Å². The van der Waals surface area contributed by atoms with Crippen molar-refractivity contribution in [3.63, 3.8) is 0 Å². The van der Waals surface area contributed by atoms with E-state index in [9.17, 15) is 4.79 Å². The molecule has 1 amide bonds. The molecule has 1 saturated carbocycles. The summed E-state index contributed by atoms with van der Waals surface area (Å²) in [6.45, 7) is 0. The standard InChI is InChI=1S/C19H19N3OS2/c23-17(22-14-8-4-5-9-14)11-24-18-15-10-16(13-6-2-1-3-7-13)25-19(15)21-12-20-18/h1-3,6-7,10,12,14H,4-5,8-9,11H2,(H,22,23). The highest BCUT2D eigenvalue weighted by molar-refractivity contribution is 8.00. The zero-order valence-corrected chi connectivity index (χ0v) is 15.4. The fraction of sp³-hybridized carbons (Fsp3) is 0.316. The predicted molar refractivity (Wildman–Crippen MR) is 104 cm³/mol. The highest BCUT2D eigenvalue weighted by atomic mass is 32.2. The van der Waals surface area contributed by atoms with Gasteiger partial charge in [0.1, 0.15) is 16.2 Å². The molecule has 0 saturated heterocycles. The van der Waals surface area contributed by atoms with Crippen molar-refractivity contribution in [3.05, 3.63) is 42.7 Å². The number of thiophene rings is 1. The van der Waals surface area contributed by atoms with Crippen LogP contribution in [0.15, 0.2) is 47.8 Å². The maximum absolute atomic E-state index is 12.2. The smallest absolute Gasteiger partial charge is 0.230 e. The van der Waals surface area contributed by atoms with E-state index in [1.807, 2.05) is 18.2 Å². The summed E-state index contributed by atoms with van der Waals surface area (Å²) in [6.07, 6.45) is 6.26. The summed E-state index contributed by atoms with van der Waals surface area (Å²) >= 11 is 3.15. The van der Waals surface area contributed by atoms with Crippen LogP contribution in [0.25, 0.3) is 20.7 Å². The first-order chi connectivity index (χ1) is 12.3. The second-order valence-corrected chi connectivity index (χ2v) is 8.21. The zero-order valence-electron chi connectivity index (χ0n) is 13.8. The summed E-state index contributed by atoms with van der Waals surface area (Å²) in [6, 6.07) is 12.8. The Labute approximate surface area is 155 Å². The Bertz CT molecular complexity index is 873. The minimum atomic E-state index is 0.0992. The summed E-state index contributed by atoms with van der Waals surface area (Å²) in [4.78, 5) is 23.1. The van der Waals surface area contributed by atoms with Crippen LogP contribution in [0.4, 0.5) is 0 Å². The largest absolute Gasteiger partial charge is 0.353 e. The van der Waals surface area contributed by atoms with E-state index in [-0.39, 0.29) is 5.91 Å². The second-order valence-electron chi connectivity index (χ2n) is 6.21. The molecule has 0 radical (unpaired) electrons. The van der Waals surface area contributed by atoms with E-state index in [0.717, 1.165) is 28.1 Å². The Hall–Kier alpha value is -1.92. The lowest BCUT2D eigenvalue weighted by molar-refractivity contribution is -0.119. The number of carbonyl (C=O) groups excluding carboxylic acids is 1. The number of nitrogens with zero attached hydrogens (tertiary/aromatic N) is 2. The molecule has 1 N–H and O–H groups in total. The van der Waals surface area contributed by atoms with Crippen molar-refractivity contribution in [3.8, 4) is 10.4 Å². The van der Waals surface area contributed by atoms with Gasteiger partial charge in [-0.1, -0.05) is 54.9 Å². The number of rotatable bonds is 5. The third-order valence-corrected chi connectivity index (χ3v) is 6.51. The summed E-state index contributed by atoms with van der Waals surface area (Å²) in [5.41, 5.74) is 1.18. The number of benzene rings is 1. The Balaban J connectivity index is 1.49. The molecule has 1 aromatic carbocycles. The van der Waals surface area contributed by atoms with Gasteiger partial charge in [-0.2, -0.15) is 0 Å². The third kappa shape index (κ3) is 3.85. The van der Waals surface area contributed by atoms with Crippen LogP contribution in [-0.2, 0) is 4.79 Å². The number of amides is 1. The molecule has 4 rings (SSSR count). The Kier molecular flexibility index (Phi) is 4.99. The minimum absolute atomic E-state index is 0.0992. The molecule has 25 heavy (non-hydrogen) atoms. The molecule has 0 spiro atoms. The van der Waals surface area contributed by atoms with Crippen LogP contribution in [-0.4, -0.2) is 27.7 Å². The molecular formula is C19H19N3OS2. The molecule has 2 heterocycles. The molecule has 1 aliphatic rings. The number of thioether (sulfide) groups is 1.